The number of benzene rings is 2. The van der Waals surface area contributed by atoms with Crippen LogP contribution in [0.3, 0.4) is 0 Å². The van der Waals surface area contributed by atoms with Crippen LogP contribution in [0.2, 0.25) is 5.02 Å². The molecule has 0 spiro atoms. The molecule has 0 radical (unpaired) electrons. The van der Waals surface area contributed by atoms with Gasteiger partial charge in [0.25, 0.3) is 0 Å². The van der Waals surface area contributed by atoms with Gasteiger partial charge >= 0.3 is 12.0 Å². The van der Waals surface area contributed by atoms with Crippen LogP contribution in [0.1, 0.15) is 50.7 Å². The lowest BCUT2D eigenvalue weighted by Crippen LogP contribution is -2.58. The van der Waals surface area contributed by atoms with E-state index in [1.165, 1.54) is 31.4 Å². The third kappa shape index (κ3) is 12.0. The minimum absolute atomic E-state index is 0.00352. The van der Waals surface area contributed by atoms with Crippen molar-refractivity contribution in [1.82, 2.24) is 26.6 Å². The quantitative estimate of drug-likeness (QED) is 0.231. The molecule has 1 unspecified atom stereocenters. The van der Waals surface area contributed by atoms with Crippen molar-refractivity contribution >= 4 is 41.3 Å². The topological polar surface area (TPSA) is 155 Å². The number of hydrogen-bond acceptors (Lipinski definition) is 6. The predicted molar refractivity (Wildman–Crippen MR) is 176 cm³/mol. The Morgan fingerprint density at radius 2 is 1.85 bits per heavy atom. The molecule has 5 atom stereocenters. The SMILES string of the molecule is CCC(C)[C@H](NC(=O)N[C@@H](Cc1ccccc1Cl)C(=O)N[C@H]1CCCCNC(=O)/C=C\[C@H](Cc2cccc(F)c2)NC1=O)C(=O)OC. The fourth-order valence-electron chi connectivity index (χ4n) is 5.09. The molecule has 0 saturated heterocycles. The van der Waals surface area contributed by atoms with E-state index in [0.29, 0.717) is 42.0 Å². The summed E-state index contributed by atoms with van der Waals surface area (Å²) in [6.07, 6.45) is 4.92. The average Bonchev–Trinajstić information content (AvgIpc) is 3.04. The lowest BCUT2D eigenvalue weighted by Gasteiger charge is -2.27. The number of methoxy groups -OCH3 is 1. The molecule has 13 heteroatoms. The van der Waals surface area contributed by atoms with Crippen molar-refractivity contribution in [3.05, 3.63) is 82.6 Å². The Morgan fingerprint density at radius 3 is 2.55 bits per heavy atom. The summed E-state index contributed by atoms with van der Waals surface area (Å²) in [4.78, 5) is 65.3. The van der Waals surface area contributed by atoms with Crippen molar-refractivity contribution in [1.29, 1.82) is 0 Å². The van der Waals surface area contributed by atoms with E-state index in [1.54, 1.807) is 43.3 Å². The molecular formula is C34H43ClFN5O6. The van der Waals surface area contributed by atoms with Crippen molar-refractivity contribution in [2.24, 2.45) is 5.92 Å². The summed E-state index contributed by atoms with van der Waals surface area (Å²) in [6.45, 7) is 4.03. The third-order valence-corrected chi connectivity index (χ3v) is 8.33. The Bertz CT molecular complexity index is 1440. The van der Waals surface area contributed by atoms with Crippen LogP contribution in [0.15, 0.2) is 60.7 Å². The van der Waals surface area contributed by atoms with Gasteiger partial charge in [0, 0.05) is 24.1 Å². The molecule has 0 fully saturated rings. The molecule has 1 heterocycles. The van der Waals surface area contributed by atoms with E-state index in [4.69, 9.17) is 16.3 Å². The highest BCUT2D eigenvalue weighted by molar-refractivity contribution is 6.31. The molecule has 0 aliphatic carbocycles. The van der Waals surface area contributed by atoms with Crippen molar-refractivity contribution in [3.8, 4) is 0 Å². The van der Waals surface area contributed by atoms with E-state index in [-0.39, 0.29) is 31.1 Å². The number of amides is 5. The number of ether oxygens (including phenoxy) is 1. The number of urea groups is 1. The van der Waals surface area contributed by atoms with Crippen LogP contribution >= 0.6 is 11.6 Å². The molecule has 1 aliphatic heterocycles. The van der Waals surface area contributed by atoms with E-state index in [9.17, 15) is 28.4 Å². The Morgan fingerprint density at radius 1 is 1.09 bits per heavy atom. The number of carbonyl (C=O) groups excluding carboxylic acids is 5. The zero-order chi connectivity index (χ0) is 34.3. The predicted octanol–water partition coefficient (Wildman–Crippen LogP) is 3.35. The van der Waals surface area contributed by atoms with Crippen LogP contribution in [0.25, 0.3) is 0 Å². The summed E-state index contributed by atoms with van der Waals surface area (Å²) < 4.78 is 18.7. The number of halogens is 2. The van der Waals surface area contributed by atoms with Gasteiger partial charge in [0.2, 0.25) is 17.7 Å². The smallest absolute Gasteiger partial charge is 0.328 e. The van der Waals surface area contributed by atoms with Crippen molar-refractivity contribution in [2.75, 3.05) is 13.7 Å². The maximum absolute atomic E-state index is 13.9. The van der Waals surface area contributed by atoms with E-state index < -0.39 is 53.8 Å². The van der Waals surface area contributed by atoms with Crippen molar-refractivity contribution in [2.45, 2.75) is 76.5 Å². The molecule has 1 aliphatic rings. The molecule has 254 valence electrons. The van der Waals surface area contributed by atoms with Crippen LogP contribution in [-0.2, 0) is 36.8 Å². The van der Waals surface area contributed by atoms with Gasteiger partial charge in [0.05, 0.1) is 13.2 Å². The van der Waals surface area contributed by atoms with Gasteiger partial charge in [-0.1, -0.05) is 68.3 Å². The molecule has 0 aromatic heterocycles. The first kappa shape index (κ1) is 37.0. The standard InChI is InChI=1S/C34H43ClFN5O6/c1-4-21(2)30(33(45)47-3)41-34(46)40-28(20-23-11-5-6-13-26(23)35)32(44)39-27-14-7-8-17-37-29(42)16-15-25(38-31(27)43)19-22-10-9-12-24(36)18-22/h5-6,9-13,15-16,18,21,25,27-28,30H,4,7-8,14,17,19-20H2,1-3H3,(H,37,42)(H,38,43)(H,39,44)(H2,40,41,46)/b16-15-/t21?,25-,27+,28+,30+/m1/s1. The molecule has 47 heavy (non-hydrogen) atoms. The van der Waals surface area contributed by atoms with E-state index in [2.05, 4.69) is 26.6 Å². The highest BCUT2D eigenvalue weighted by Gasteiger charge is 2.31. The monoisotopic (exact) mass is 671 g/mol. The van der Waals surface area contributed by atoms with Crippen LogP contribution in [0.5, 0.6) is 0 Å². The third-order valence-electron chi connectivity index (χ3n) is 7.96. The van der Waals surface area contributed by atoms with Crippen LogP contribution < -0.4 is 26.6 Å². The second-order valence-corrected chi connectivity index (χ2v) is 11.9. The number of carbonyl (C=O) groups is 5. The molecule has 3 rings (SSSR count). The van der Waals surface area contributed by atoms with E-state index >= 15 is 0 Å². The Kier molecular flexibility index (Phi) is 14.7. The second kappa shape index (κ2) is 18.6. The fourth-order valence-corrected chi connectivity index (χ4v) is 5.30. The normalized spacial score (nSPS) is 19.7. The number of nitrogens with one attached hydrogen (secondary N) is 5. The molecule has 2 aromatic carbocycles. The molecule has 2 aromatic rings. The Labute approximate surface area is 279 Å². The fraction of sp³-hybridized carbons (Fsp3) is 0.441. The Hall–Kier alpha value is -4.45. The van der Waals surface area contributed by atoms with Gasteiger partial charge in [-0.15, -0.1) is 0 Å². The minimum Gasteiger partial charge on any atom is -0.467 e. The van der Waals surface area contributed by atoms with Crippen molar-refractivity contribution in [3.63, 3.8) is 0 Å². The summed E-state index contributed by atoms with van der Waals surface area (Å²) in [7, 11) is 1.23. The average molecular weight is 672 g/mol. The van der Waals surface area contributed by atoms with Crippen molar-refractivity contribution < 1.29 is 33.1 Å². The molecule has 0 bridgehead atoms. The van der Waals surface area contributed by atoms with Crippen LogP contribution in [0, 0.1) is 11.7 Å². The summed E-state index contributed by atoms with van der Waals surface area (Å²) in [5, 5.41) is 14.1. The second-order valence-electron chi connectivity index (χ2n) is 11.5. The highest BCUT2D eigenvalue weighted by atomic mass is 35.5. The molecule has 5 N–H and O–H groups in total. The summed E-state index contributed by atoms with van der Waals surface area (Å²) in [6, 6.07) is 8.20. The van der Waals surface area contributed by atoms with E-state index in [0.717, 1.165) is 0 Å². The summed E-state index contributed by atoms with van der Waals surface area (Å²) >= 11 is 6.39. The maximum Gasteiger partial charge on any atom is 0.328 e. The van der Waals surface area contributed by atoms with Gasteiger partial charge in [-0.25, -0.2) is 14.0 Å². The first-order valence-electron chi connectivity index (χ1n) is 15.7. The molecular weight excluding hydrogens is 629 g/mol. The largest absolute Gasteiger partial charge is 0.467 e. The number of rotatable bonds is 11. The highest BCUT2D eigenvalue weighted by Crippen LogP contribution is 2.18. The first-order valence-corrected chi connectivity index (χ1v) is 16.1. The first-order chi connectivity index (χ1) is 22.5. The van der Waals surface area contributed by atoms with Crippen LogP contribution in [-0.4, -0.2) is 67.5 Å². The lowest BCUT2D eigenvalue weighted by molar-refractivity contribution is -0.144. The van der Waals surface area contributed by atoms with Gasteiger partial charge in [-0.2, -0.15) is 0 Å². The number of esters is 1. The van der Waals surface area contributed by atoms with Gasteiger partial charge in [0.1, 0.15) is 23.9 Å². The Balaban J connectivity index is 1.84. The zero-order valence-corrected chi connectivity index (χ0v) is 27.6. The zero-order valence-electron chi connectivity index (χ0n) is 26.8. The lowest BCUT2D eigenvalue weighted by atomic mass is 9.99. The van der Waals surface area contributed by atoms with Gasteiger partial charge in [-0.05, 0) is 60.9 Å². The van der Waals surface area contributed by atoms with Gasteiger partial charge in [0.15, 0.2) is 0 Å². The number of hydrogen-bond donors (Lipinski definition) is 5. The van der Waals surface area contributed by atoms with Gasteiger partial charge < -0.3 is 31.3 Å². The summed E-state index contributed by atoms with van der Waals surface area (Å²) in [5.74, 6) is -2.77. The molecule has 0 saturated carbocycles. The summed E-state index contributed by atoms with van der Waals surface area (Å²) in [5.41, 5.74) is 1.19. The molecule has 11 nitrogen and oxygen atoms in total. The maximum atomic E-state index is 13.9. The minimum atomic E-state index is -1.18. The van der Waals surface area contributed by atoms with E-state index in [1.807, 2.05) is 6.92 Å². The van der Waals surface area contributed by atoms with Gasteiger partial charge in [-0.3, -0.25) is 14.4 Å². The molecule has 5 amide bonds. The van der Waals surface area contributed by atoms with Crippen LogP contribution in [0.4, 0.5) is 9.18 Å².